The maximum absolute atomic E-state index is 13.4. The molecule has 1 N–H and O–H groups in total. The molecule has 160 valence electrons. The van der Waals surface area contributed by atoms with Gasteiger partial charge in [0.15, 0.2) is 0 Å². The Morgan fingerprint density at radius 2 is 2.00 bits per heavy atom. The van der Waals surface area contributed by atoms with Crippen LogP contribution in [0.25, 0.3) is 10.9 Å². The third-order valence-corrected chi connectivity index (χ3v) is 6.92. The highest BCUT2D eigenvalue weighted by molar-refractivity contribution is 7.13. The number of para-hydroxylation sites is 2. The average Bonchev–Trinajstić information content (AvgIpc) is 3.43. The molecule has 0 unspecified atom stereocenters. The summed E-state index contributed by atoms with van der Waals surface area (Å²) in [5.41, 5.74) is 6.39. The number of anilines is 2. The number of fused-ring (bicyclic) bond motifs is 6. The minimum atomic E-state index is -0.275. The molecule has 0 bridgehead atoms. The zero-order valence-corrected chi connectivity index (χ0v) is 18.2. The molecular weight excluding hydrogens is 424 g/mol. The Labute approximate surface area is 188 Å². The first-order valence-electron chi connectivity index (χ1n) is 10.4. The van der Waals surface area contributed by atoms with E-state index in [9.17, 15) is 9.59 Å². The minimum absolute atomic E-state index is 0.0319. The van der Waals surface area contributed by atoms with Crippen LogP contribution in [-0.2, 0) is 17.8 Å². The first kappa shape index (κ1) is 19.0. The van der Waals surface area contributed by atoms with Crippen molar-refractivity contribution < 1.29 is 9.59 Å². The Hall–Kier alpha value is -3.72. The van der Waals surface area contributed by atoms with Crippen LogP contribution >= 0.6 is 11.3 Å². The van der Waals surface area contributed by atoms with Crippen LogP contribution in [0.4, 0.5) is 10.8 Å². The van der Waals surface area contributed by atoms with Crippen LogP contribution < -0.4 is 10.2 Å². The molecule has 8 nitrogen and oxygen atoms in total. The highest BCUT2D eigenvalue weighted by Gasteiger charge is 2.42. The number of amides is 2. The summed E-state index contributed by atoms with van der Waals surface area (Å²) in [5, 5.41) is 12.1. The van der Waals surface area contributed by atoms with Gasteiger partial charge in [0.1, 0.15) is 18.2 Å². The lowest BCUT2D eigenvalue weighted by atomic mass is 9.96. The summed E-state index contributed by atoms with van der Waals surface area (Å²) < 4.78 is 2.05. The van der Waals surface area contributed by atoms with E-state index in [1.807, 2.05) is 54.4 Å². The SMILES string of the molecule is CN1c2ccccc2C(=O)N2CCc3c(n(CC(=O)Nc4nncs4)c4ccccc34)[C@@H]21. The Balaban J connectivity index is 1.50. The monoisotopic (exact) mass is 444 g/mol. The average molecular weight is 445 g/mol. The minimum Gasteiger partial charge on any atom is -0.349 e. The van der Waals surface area contributed by atoms with Crippen molar-refractivity contribution in [2.24, 2.45) is 0 Å². The predicted molar refractivity (Wildman–Crippen MR) is 123 cm³/mol. The highest BCUT2D eigenvalue weighted by atomic mass is 32.1. The molecule has 4 heterocycles. The second-order valence-corrected chi connectivity index (χ2v) is 8.84. The summed E-state index contributed by atoms with van der Waals surface area (Å²) in [4.78, 5) is 30.4. The first-order chi connectivity index (χ1) is 15.6. The van der Waals surface area contributed by atoms with E-state index in [2.05, 4.69) is 31.0 Å². The van der Waals surface area contributed by atoms with Crippen LogP contribution in [0.3, 0.4) is 0 Å². The van der Waals surface area contributed by atoms with Crippen molar-refractivity contribution in [1.29, 1.82) is 0 Å². The van der Waals surface area contributed by atoms with Crippen molar-refractivity contribution in [2.75, 3.05) is 23.8 Å². The summed E-state index contributed by atoms with van der Waals surface area (Å²) in [7, 11) is 2.02. The van der Waals surface area contributed by atoms with E-state index >= 15 is 0 Å². The van der Waals surface area contributed by atoms with Crippen LogP contribution in [0, 0.1) is 0 Å². The number of hydrogen-bond acceptors (Lipinski definition) is 6. The molecule has 2 aliphatic heterocycles. The van der Waals surface area contributed by atoms with Gasteiger partial charge in [-0.15, -0.1) is 10.2 Å². The molecule has 4 aromatic rings. The maximum atomic E-state index is 13.4. The fourth-order valence-corrected chi connectivity index (χ4v) is 5.47. The number of benzene rings is 2. The van der Waals surface area contributed by atoms with Crippen molar-refractivity contribution in [3.05, 3.63) is 70.9 Å². The summed E-state index contributed by atoms with van der Waals surface area (Å²) in [6.45, 7) is 0.767. The quantitative estimate of drug-likeness (QED) is 0.524. The van der Waals surface area contributed by atoms with Gasteiger partial charge in [-0.25, -0.2) is 0 Å². The molecule has 0 fully saturated rings. The first-order valence-corrected chi connectivity index (χ1v) is 11.3. The van der Waals surface area contributed by atoms with E-state index in [-0.39, 0.29) is 24.5 Å². The lowest BCUT2D eigenvalue weighted by Gasteiger charge is -2.46. The number of carbonyl (C=O) groups excluding carboxylic acids is 2. The van der Waals surface area contributed by atoms with Crippen LogP contribution in [0.2, 0.25) is 0 Å². The van der Waals surface area contributed by atoms with Gasteiger partial charge in [0.2, 0.25) is 11.0 Å². The molecule has 0 radical (unpaired) electrons. The van der Waals surface area contributed by atoms with Gasteiger partial charge in [-0.1, -0.05) is 41.7 Å². The summed E-state index contributed by atoms with van der Waals surface area (Å²) in [6.07, 6.45) is 0.474. The van der Waals surface area contributed by atoms with E-state index in [1.165, 1.54) is 16.9 Å². The van der Waals surface area contributed by atoms with Gasteiger partial charge in [0.05, 0.1) is 16.9 Å². The van der Waals surface area contributed by atoms with E-state index < -0.39 is 0 Å². The van der Waals surface area contributed by atoms with Gasteiger partial charge >= 0.3 is 0 Å². The van der Waals surface area contributed by atoms with Crippen molar-refractivity contribution in [3.8, 4) is 0 Å². The lowest BCUT2D eigenvalue weighted by Crippen LogP contribution is -2.51. The van der Waals surface area contributed by atoms with Gasteiger partial charge in [-0.2, -0.15) is 0 Å². The molecule has 0 saturated heterocycles. The number of aromatic nitrogens is 3. The molecule has 0 saturated carbocycles. The van der Waals surface area contributed by atoms with Gasteiger partial charge in [0.25, 0.3) is 5.91 Å². The molecule has 9 heteroatoms. The fourth-order valence-electron chi connectivity index (χ4n) is 5.01. The molecule has 2 aliphatic rings. The molecule has 6 rings (SSSR count). The van der Waals surface area contributed by atoms with Crippen LogP contribution in [0.5, 0.6) is 0 Å². The molecule has 2 aromatic carbocycles. The van der Waals surface area contributed by atoms with Crippen molar-refractivity contribution in [3.63, 3.8) is 0 Å². The Kier molecular flexibility index (Phi) is 4.25. The van der Waals surface area contributed by atoms with Crippen LogP contribution in [0.1, 0.15) is 27.8 Å². The second kappa shape index (κ2) is 7.16. The van der Waals surface area contributed by atoms with E-state index in [1.54, 1.807) is 5.51 Å². The lowest BCUT2D eigenvalue weighted by molar-refractivity contribution is -0.116. The summed E-state index contributed by atoms with van der Waals surface area (Å²) in [6, 6.07) is 15.8. The Morgan fingerprint density at radius 1 is 1.19 bits per heavy atom. The van der Waals surface area contributed by atoms with Gasteiger partial charge in [-0.05, 0) is 30.2 Å². The second-order valence-electron chi connectivity index (χ2n) is 8.01. The number of nitrogens with zero attached hydrogens (tertiary/aromatic N) is 5. The molecule has 0 spiro atoms. The summed E-state index contributed by atoms with van der Waals surface area (Å²) >= 11 is 1.28. The predicted octanol–water partition coefficient (Wildman–Crippen LogP) is 3.28. The van der Waals surface area contributed by atoms with E-state index in [4.69, 9.17) is 0 Å². The van der Waals surface area contributed by atoms with E-state index in [0.717, 1.165) is 28.7 Å². The third kappa shape index (κ3) is 2.74. The molecule has 2 amide bonds. The molecular formula is C23H20N6O2S. The normalized spacial score (nSPS) is 17.2. The van der Waals surface area contributed by atoms with Gasteiger partial charge in [0, 0.05) is 24.5 Å². The van der Waals surface area contributed by atoms with Crippen molar-refractivity contribution >= 4 is 44.9 Å². The molecule has 32 heavy (non-hydrogen) atoms. The van der Waals surface area contributed by atoms with E-state index in [0.29, 0.717) is 17.2 Å². The zero-order chi connectivity index (χ0) is 21.8. The van der Waals surface area contributed by atoms with Crippen LogP contribution in [0.15, 0.2) is 54.0 Å². The smallest absolute Gasteiger partial charge is 0.257 e. The number of rotatable bonds is 3. The zero-order valence-electron chi connectivity index (χ0n) is 17.4. The molecule has 0 aliphatic carbocycles. The van der Waals surface area contributed by atoms with Crippen molar-refractivity contribution in [1.82, 2.24) is 19.7 Å². The van der Waals surface area contributed by atoms with Gasteiger partial charge < -0.3 is 14.4 Å². The number of hydrogen-bond donors (Lipinski definition) is 1. The van der Waals surface area contributed by atoms with Crippen LogP contribution in [-0.4, -0.2) is 45.1 Å². The third-order valence-electron chi connectivity index (χ3n) is 6.31. The number of nitrogens with one attached hydrogen (secondary N) is 1. The Morgan fingerprint density at radius 3 is 2.84 bits per heavy atom. The number of carbonyl (C=O) groups is 2. The topological polar surface area (TPSA) is 83.4 Å². The molecule has 1 atom stereocenters. The molecule has 2 aromatic heterocycles. The maximum Gasteiger partial charge on any atom is 0.257 e. The largest absolute Gasteiger partial charge is 0.349 e. The highest BCUT2D eigenvalue weighted by Crippen LogP contribution is 2.44. The standard InChI is InChI=1S/C23H20N6O2S/c1-27-17-8-4-3-7-16(17)22(31)28-11-10-15-14-6-2-5-9-18(14)29(20(15)21(27)28)12-19(30)25-23-26-24-13-32-23/h2-9,13,21H,10-12H2,1H3,(H,25,26,30)/t21-/m1/s1. The summed E-state index contributed by atoms with van der Waals surface area (Å²) in [5.74, 6) is -0.142. The Bertz CT molecular complexity index is 1360. The fraction of sp³-hybridized carbons (Fsp3) is 0.217. The van der Waals surface area contributed by atoms with Crippen molar-refractivity contribution in [2.45, 2.75) is 19.1 Å². The van der Waals surface area contributed by atoms with Gasteiger partial charge in [-0.3, -0.25) is 14.9 Å².